The molecule has 0 unspecified atom stereocenters. The summed E-state index contributed by atoms with van der Waals surface area (Å²) in [6, 6.07) is 14.2. The van der Waals surface area contributed by atoms with Gasteiger partial charge in [-0.2, -0.15) is 0 Å². The van der Waals surface area contributed by atoms with Crippen molar-refractivity contribution >= 4 is 8.32 Å². The van der Waals surface area contributed by atoms with Gasteiger partial charge in [-0.1, -0.05) is 39.0 Å². The molecule has 1 aromatic carbocycles. The Morgan fingerprint density at radius 1 is 1.00 bits per heavy atom. The van der Waals surface area contributed by atoms with E-state index >= 15 is 0 Å². The van der Waals surface area contributed by atoms with E-state index in [1.54, 1.807) is 0 Å². The highest BCUT2D eigenvalue weighted by molar-refractivity contribution is 6.74. The molecule has 106 valence electrons. The Kier molecular flexibility index (Phi) is 4.00. The van der Waals surface area contributed by atoms with Crippen LogP contribution in [0.25, 0.3) is 11.3 Å². The molecule has 1 heterocycles. The molecule has 3 heteroatoms. The topological polar surface area (TPSA) is 22.1 Å². The molecular formula is C17H23NOSi. The minimum absolute atomic E-state index is 0.202. The molecule has 0 spiro atoms. The van der Waals surface area contributed by atoms with Gasteiger partial charge in [0, 0.05) is 11.8 Å². The van der Waals surface area contributed by atoms with Crippen LogP contribution in [-0.2, 0) is 0 Å². The van der Waals surface area contributed by atoms with Crippen molar-refractivity contribution in [2.45, 2.75) is 38.9 Å². The summed E-state index contributed by atoms with van der Waals surface area (Å²) in [5.41, 5.74) is 2.08. The largest absolute Gasteiger partial charge is 0.543 e. The van der Waals surface area contributed by atoms with E-state index in [-0.39, 0.29) is 5.04 Å². The van der Waals surface area contributed by atoms with E-state index in [1.165, 1.54) is 0 Å². The van der Waals surface area contributed by atoms with Crippen molar-refractivity contribution in [3.05, 3.63) is 48.7 Å². The second-order valence-electron chi connectivity index (χ2n) is 6.61. The van der Waals surface area contributed by atoms with Gasteiger partial charge in [-0.3, -0.25) is 4.98 Å². The molecule has 0 aliphatic rings. The maximum atomic E-state index is 6.34. The fraction of sp³-hybridized carbons (Fsp3) is 0.353. The Morgan fingerprint density at radius 3 is 2.35 bits per heavy atom. The maximum Gasteiger partial charge on any atom is 0.250 e. The van der Waals surface area contributed by atoms with E-state index in [4.69, 9.17) is 4.43 Å². The number of aromatic nitrogens is 1. The third-order valence-corrected chi connectivity index (χ3v) is 8.33. The molecule has 2 nitrogen and oxygen atoms in total. The van der Waals surface area contributed by atoms with E-state index in [2.05, 4.69) is 51.0 Å². The molecule has 1 aromatic heterocycles. The summed E-state index contributed by atoms with van der Waals surface area (Å²) in [5.74, 6) is 0.944. The molecule has 0 saturated carbocycles. The van der Waals surface area contributed by atoms with Gasteiger partial charge in [0.15, 0.2) is 0 Å². The predicted molar refractivity (Wildman–Crippen MR) is 87.5 cm³/mol. The van der Waals surface area contributed by atoms with Crippen LogP contribution in [0.15, 0.2) is 48.7 Å². The van der Waals surface area contributed by atoms with Crippen molar-refractivity contribution in [1.82, 2.24) is 4.98 Å². The quantitative estimate of drug-likeness (QED) is 0.729. The molecule has 0 saturated heterocycles. The Bertz CT molecular complexity index is 573. The van der Waals surface area contributed by atoms with Crippen molar-refractivity contribution in [3.8, 4) is 17.0 Å². The van der Waals surface area contributed by atoms with Crippen LogP contribution in [0.1, 0.15) is 20.8 Å². The van der Waals surface area contributed by atoms with Crippen LogP contribution >= 0.6 is 0 Å². The highest BCUT2D eigenvalue weighted by atomic mass is 28.4. The zero-order valence-corrected chi connectivity index (χ0v) is 14.0. The lowest BCUT2D eigenvalue weighted by Crippen LogP contribution is -2.43. The van der Waals surface area contributed by atoms with Crippen LogP contribution < -0.4 is 4.43 Å². The first-order chi connectivity index (χ1) is 9.29. The van der Waals surface area contributed by atoms with Gasteiger partial charge in [0.25, 0.3) is 0 Å². The zero-order valence-electron chi connectivity index (χ0n) is 13.0. The normalized spacial score (nSPS) is 12.2. The average molecular weight is 285 g/mol. The van der Waals surface area contributed by atoms with Crippen LogP contribution in [-0.4, -0.2) is 13.3 Å². The van der Waals surface area contributed by atoms with Crippen LogP contribution in [0.5, 0.6) is 5.75 Å². The predicted octanol–water partition coefficient (Wildman–Crippen LogP) is 5.13. The monoisotopic (exact) mass is 285 g/mol. The highest BCUT2D eigenvalue weighted by Gasteiger charge is 2.38. The van der Waals surface area contributed by atoms with Gasteiger partial charge in [-0.15, -0.1) is 0 Å². The fourth-order valence-electron chi connectivity index (χ4n) is 1.70. The first-order valence-corrected chi connectivity index (χ1v) is 9.91. The van der Waals surface area contributed by atoms with Gasteiger partial charge in [-0.05, 0) is 42.4 Å². The Labute approximate surface area is 123 Å². The number of hydrogen-bond donors (Lipinski definition) is 0. The molecule has 0 aliphatic heterocycles. The number of nitrogens with zero attached hydrogens (tertiary/aromatic N) is 1. The van der Waals surface area contributed by atoms with Gasteiger partial charge in [-0.25, -0.2) is 0 Å². The SMILES string of the molecule is CC(C)(C)[Si](C)(C)Oc1cccc(-c2ccccn2)c1. The van der Waals surface area contributed by atoms with Gasteiger partial charge < -0.3 is 4.43 Å². The van der Waals surface area contributed by atoms with Crippen molar-refractivity contribution in [2.24, 2.45) is 0 Å². The van der Waals surface area contributed by atoms with Crippen LogP contribution in [0.2, 0.25) is 18.1 Å². The Morgan fingerprint density at radius 2 is 1.75 bits per heavy atom. The first kappa shape index (κ1) is 14.8. The van der Waals surface area contributed by atoms with Crippen molar-refractivity contribution in [1.29, 1.82) is 0 Å². The second-order valence-corrected chi connectivity index (χ2v) is 11.3. The summed E-state index contributed by atoms with van der Waals surface area (Å²) in [6.07, 6.45) is 1.82. The third-order valence-electron chi connectivity index (χ3n) is 3.97. The number of rotatable bonds is 3. The summed E-state index contributed by atoms with van der Waals surface area (Å²) in [4.78, 5) is 4.39. The maximum absolute atomic E-state index is 6.34. The van der Waals surface area contributed by atoms with E-state index in [0.29, 0.717) is 0 Å². The molecule has 0 N–H and O–H groups in total. The van der Waals surface area contributed by atoms with Crippen LogP contribution in [0.3, 0.4) is 0 Å². The Hall–Kier alpha value is -1.61. The van der Waals surface area contributed by atoms with Crippen LogP contribution in [0.4, 0.5) is 0 Å². The van der Waals surface area contributed by atoms with Gasteiger partial charge in [0.05, 0.1) is 5.69 Å². The smallest absolute Gasteiger partial charge is 0.250 e. The highest BCUT2D eigenvalue weighted by Crippen LogP contribution is 2.37. The number of benzene rings is 1. The zero-order chi connectivity index (χ0) is 14.8. The van der Waals surface area contributed by atoms with Gasteiger partial charge in [0.2, 0.25) is 8.32 Å². The fourth-order valence-corrected chi connectivity index (χ4v) is 2.72. The average Bonchev–Trinajstić information content (AvgIpc) is 2.38. The summed E-state index contributed by atoms with van der Waals surface area (Å²) in [6.45, 7) is 11.3. The molecule has 0 aliphatic carbocycles. The van der Waals surface area contributed by atoms with Crippen molar-refractivity contribution < 1.29 is 4.43 Å². The molecule has 0 radical (unpaired) electrons. The molecule has 2 rings (SSSR count). The van der Waals surface area contributed by atoms with E-state index in [0.717, 1.165) is 17.0 Å². The summed E-state index contributed by atoms with van der Waals surface area (Å²) in [7, 11) is -1.79. The minimum Gasteiger partial charge on any atom is -0.543 e. The van der Waals surface area contributed by atoms with E-state index < -0.39 is 8.32 Å². The first-order valence-electron chi connectivity index (χ1n) is 7.00. The summed E-state index contributed by atoms with van der Waals surface area (Å²) in [5, 5.41) is 0.202. The molecule has 0 atom stereocenters. The molecule has 0 bridgehead atoms. The van der Waals surface area contributed by atoms with E-state index in [9.17, 15) is 0 Å². The molecule has 0 fully saturated rings. The lowest BCUT2D eigenvalue weighted by molar-refractivity contribution is 0.492. The van der Waals surface area contributed by atoms with Gasteiger partial charge >= 0.3 is 0 Å². The third kappa shape index (κ3) is 3.28. The Balaban J connectivity index is 2.28. The minimum atomic E-state index is -1.79. The summed E-state index contributed by atoms with van der Waals surface area (Å²) < 4.78 is 6.34. The standard InChI is InChI=1S/C17H23NOSi/c1-17(2,3)20(4,5)19-15-10-8-9-14(13-15)16-11-6-7-12-18-16/h6-13H,1-5H3. The van der Waals surface area contributed by atoms with Crippen molar-refractivity contribution in [2.75, 3.05) is 0 Å². The lowest BCUT2D eigenvalue weighted by Gasteiger charge is -2.36. The van der Waals surface area contributed by atoms with E-state index in [1.807, 2.05) is 36.5 Å². The number of hydrogen-bond acceptors (Lipinski definition) is 2. The van der Waals surface area contributed by atoms with Gasteiger partial charge in [0.1, 0.15) is 5.75 Å². The van der Waals surface area contributed by atoms with Crippen molar-refractivity contribution in [3.63, 3.8) is 0 Å². The molecule has 2 aromatic rings. The second kappa shape index (κ2) is 5.41. The molecule has 20 heavy (non-hydrogen) atoms. The molecular weight excluding hydrogens is 262 g/mol. The molecule has 0 amide bonds. The number of pyridine rings is 1. The summed E-state index contributed by atoms with van der Waals surface area (Å²) >= 11 is 0. The lowest BCUT2D eigenvalue weighted by atomic mass is 10.1. The van der Waals surface area contributed by atoms with Crippen LogP contribution in [0, 0.1) is 0 Å².